The highest BCUT2D eigenvalue weighted by atomic mass is 16.5. The van der Waals surface area contributed by atoms with E-state index < -0.39 is 0 Å². The standard InChI is InChI=1S/C25H31NO4.C2H4/c1-7-15-9-16-17-10-22(27-3)23(28-4)11-18(17)19-12-24(29-5)25(30-6)13-20(19)21(16)14-26(15)8-2;1-2/h10-13,15H,7-9,14H2,1-6H3;1-2H2. The molecule has 3 aromatic rings. The van der Waals surface area contributed by atoms with Gasteiger partial charge in [0.15, 0.2) is 23.0 Å². The molecule has 0 N–H and O–H groups in total. The van der Waals surface area contributed by atoms with Crippen molar-refractivity contribution >= 4 is 21.5 Å². The topological polar surface area (TPSA) is 40.2 Å². The van der Waals surface area contributed by atoms with E-state index in [1.165, 1.54) is 21.9 Å². The molecule has 0 amide bonds. The molecule has 0 saturated heterocycles. The minimum atomic E-state index is 0.538. The zero-order valence-corrected chi connectivity index (χ0v) is 20.2. The van der Waals surface area contributed by atoms with Crippen LogP contribution in [0.3, 0.4) is 0 Å². The molecule has 0 fully saturated rings. The summed E-state index contributed by atoms with van der Waals surface area (Å²) in [5.74, 6) is 2.99. The Bertz CT molecular complexity index is 1020. The molecule has 3 aromatic carbocycles. The molecule has 172 valence electrons. The monoisotopic (exact) mass is 437 g/mol. The van der Waals surface area contributed by atoms with Crippen LogP contribution in [0.2, 0.25) is 0 Å². The normalized spacial score (nSPS) is 15.6. The summed E-state index contributed by atoms with van der Waals surface area (Å²) in [6.45, 7) is 12.5. The predicted molar refractivity (Wildman–Crippen MR) is 133 cm³/mol. The molecule has 0 saturated carbocycles. The lowest BCUT2D eigenvalue weighted by molar-refractivity contribution is 0.178. The average molecular weight is 438 g/mol. The molecule has 0 bridgehead atoms. The van der Waals surface area contributed by atoms with Crippen molar-refractivity contribution in [3.05, 3.63) is 48.6 Å². The molecule has 1 unspecified atom stereocenters. The van der Waals surface area contributed by atoms with Gasteiger partial charge in [-0.2, -0.15) is 0 Å². The van der Waals surface area contributed by atoms with E-state index in [1.807, 2.05) is 0 Å². The summed E-state index contributed by atoms with van der Waals surface area (Å²) in [7, 11) is 6.74. The number of hydrogen-bond donors (Lipinski definition) is 0. The van der Waals surface area contributed by atoms with E-state index in [1.54, 1.807) is 28.4 Å². The van der Waals surface area contributed by atoms with Crippen LogP contribution in [0.15, 0.2) is 37.4 Å². The lowest BCUT2D eigenvalue weighted by Gasteiger charge is -2.37. The first kappa shape index (κ1) is 23.7. The van der Waals surface area contributed by atoms with Crippen molar-refractivity contribution in [2.75, 3.05) is 35.0 Å². The Labute approximate surface area is 191 Å². The van der Waals surface area contributed by atoms with Crippen LogP contribution in [0.5, 0.6) is 23.0 Å². The van der Waals surface area contributed by atoms with E-state index in [0.717, 1.165) is 59.7 Å². The van der Waals surface area contributed by atoms with Crippen molar-refractivity contribution in [3.8, 4) is 23.0 Å². The number of benzene rings is 3. The highest BCUT2D eigenvalue weighted by Gasteiger charge is 2.28. The molecule has 1 atom stereocenters. The van der Waals surface area contributed by atoms with Gasteiger partial charge in [-0.25, -0.2) is 0 Å². The Morgan fingerprint density at radius 3 is 1.50 bits per heavy atom. The van der Waals surface area contributed by atoms with Crippen molar-refractivity contribution in [1.82, 2.24) is 4.90 Å². The van der Waals surface area contributed by atoms with Gasteiger partial charge in [-0.05, 0) is 76.3 Å². The lowest BCUT2D eigenvalue weighted by Crippen LogP contribution is -2.39. The molecule has 0 spiro atoms. The maximum Gasteiger partial charge on any atom is 0.161 e. The van der Waals surface area contributed by atoms with Gasteiger partial charge in [0.1, 0.15) is 0 Å². The van der Waals surface area contributed by atoms with E-state index in [2.05, 4.69) is 56.2 Å². The molecule has 0 radical (unpaired) electrons. The fourth-order valence-electron chi connectivity index (χ4n) is 4.91. The summed E-state index contributed by atoms with van der Waals surface area (Å²) < 4.78 is 22.5. The zero-order chi connectivity index (χ0) is 23.4. The van der Waals surface area contributed by atoms with Gasteiger partial charge in [-0.15, -0.1) is 13.2 Å². The van der Waals surface area contributed by atoms with Crippen LogP contribution in [-0.4, -0.2) is 45.9 Å². The van der Waals surface area contributed by atoms with E-state index in [-0.39, 0.29) is 0 Å². The summed E-state index contributed by atoms with van der Waals surface area (Å²) in [4.78, 5) is 2.57. The van der Waals surface area contributed by atoms with Crippen LogP contribution in [-0.2, 0) is 13.0 Å². The van der Waals surface area contributed by atoms with Gasteiger partial charge in [0.25, 0.3) is 0 Å². The van der Waals surface area contributed by atoms with Crippen LogP contribution in [0.4, 0.5) is 0 Å². The Morgan fingerprint density at radius 1 is 0.719 bits per heavy atom. The molecule has 0 aromatic heterocycles. The summed E-state index contributed by atoms with van der Waals surface area (Å²) in [6.07, 6.45) is 2.15. The second-order valence-electron chi connectivity index (χ2n) is 7.79. The molecular weight excluding hydrogens is 402 g/mol. The summed E-state index contributed by atoms with van der Waals surface area (Å²) >= 11 is 0. The molecule has 5 nitrogen and oxygen atoms in total. The smallest absolute Gasteiger partial charge is 0.161 e. The van der Waals surface area contributed by atoms with E-state index >= 15 is 0 Å². The third-order valence-electron chi connectivity index (χ3n) is 6.55. The van der Waals surface area contributed by atoms with Crippen molar-refractivity contribution in [1.29, 1.82) is 0 Å². The first-order chi connectivity index (χ1) is 15.6. The van der Waals surface area contributed by atoms with Crippen LogP contribution in [0, 0.1) is 0 Å². The Hall–Kier alpha value is -2.92. The van der Waals surface area contributed by atoms with E-state index in [0.29, 0.717) is 6.04 Å². The Morgan fingerprint density at radius 2 is 1.12 bits per heavy atom. The maximum absolute atomic E-state index is 5.64. The quantitative estimate of drug-likeness (QED) is 0.350. The highest BCUT2D eigenvalue weighted by molar-refractivity contribution is 6.12. The molecule has 1 aliphatic heterocycles. The highest BCUT2D eigenvalue weighted by Crippen LogP contribution is 2.45. The number of rotatable bonds is 6. The van der Waals surface area contributed by atoms with Crippen LogP contribution >= 0.6 is 0 Å². The zero-order valence-electron chi connectivity index (χ0n) is 20.2. The molecule has 1 aliphatic rings. The van der Waals surface area contributed by atoms with Gasteiger partial charge < -0.3 is 18.9 Å². The first-order valence-corrected chi connectivity index (χ1v) is 11.1. The second-order valence-corrected chi connectivity index (χ2v) is 7.79. The molecule has 32 heavy (non-hydrogen) atoms. The van der Waals surface area contributed by atoms with Crippen molar-refractivity contribution < 1.29 is 18.9 Å². The SMILES string of the molecule is C=C.CCC1Cc2c(c3cc(OC)c(OC)cc3c3cc(OC)c(OC)cc23)CN1CC. The van der Waals surface area contributed by atoms with E-state index in [9.17, 15) is 0 Å². The van der Waals surface area contributed by atoms with Gasteiger partial charge in [-0.3, -0.25) is 4.90 Å². The number of ether oxygens (including phenoxy) is 4. The van der Waals surface area contributed by atoms with Crippen LogP contribution < -0.4 is 18.9 Å². The van der Waals surface area contributed by atoms with Gasteiger partial charge in [0.2, 0.25) is 0 Å². The molecule has 4 rings (SSSR count). The average Bonchev–Trinajstić information content (AvgIpc) is 2.87. The lowest BCUT2D eigenvalue weighted by atomic mass is 9.84. The summed E-state index contributed by atoms with van der Waals surface area (Å²) in [5.41, 5.74) is 2.78. The molecule has 5 heteroatoms. The van der Waals surface area contributed by atoms with E-state index in [4.69, 9.17) is 18.9 Å². The number of methoxy groups -OCH3 is 4. The molecule has 1 heterocycles. The third kappa shape index (κ3) is 3.86. The van der Waals surface area contributed by atoms with Crippen LogP contribution in [0.1, 0.15) is 31.4 Å². The summed E-state index contributed by atoms with van der Waals surface area (Å²) in [6, 6.07) is 8.98. The Kier molecular flexibility index (Phi) is 7.52. The van der Waals surface area contributed by atoms with Gasteiger partial charge in [0.05, 0.1) is 28.4 Å². The number of hydrogen-bond acceptors (Lipinski definition) is 5. The van der Waals surface area contributed by atoms with Crippen molar-refractivity contribution in [2.45, 2.75) is 39.3 Å². The van der Waals surface area contributed by atoms with Crippen molar-refractivity contribution in [2.24, 2.45) is 0 Å². The number of fused-ring (bicyclic) bond motifs is 6. The fraction of sp³-hybridized carbons (Fsp3) is 0.407. The molecule has 0 aliphatic carbocycles. The second kappa shape index (κ2) is 10.1. The number of likely N-dealkylation sites (N-methyl/N-ethyl adjacent to an activating group) is 1. The number of nitrogens with zero attached hydrogens (tertiary/aromatic N) is 1. The van der Waals surface area contributed by atoms with Gasteiger partial charge >= 0.3 is 0 Å². The minimum Gasteiger partial charge on any atom is -0.493 e. The van der Waals surface area contributed by atoms with Crippen LogP contribution in [0.25, 0.3) is 21.5 Å². The predicted octanol–water partition coefficient (Wildman–Crippen LogP) is 5.99. The molecular formula is C27H35NO4. The third-order valence-corrected chi connectivity index (χ3v) is 6.55. The van der Waals surface area contributed by atoms with Gasteiger partial charge in [0, 0.05) is 12.6 Å². The van der Waals surface area contributed by atoms with Crippen molar-refractivity contribution in [3.63, 3.8) is 0 Å². The summed E-state index contributed by atoms with van der Waals surface area (Å²) in [5, 5.41) is 4.75. The Balaban J connectivity index is 0.00000141. The fourth-order valence-corrected chi connectivity index (χ4v) is 4.91. The maximum atomic E-state index is 5.64. The van der Waals surface area contributed by atoms with Gasteiger partial charge in [-0.1, -0.05) is 13.8 Å². The minimum absolute atomic E-state index is 0.538. The first-order valence-electron chi connectivity index (χ1n) is 11.1. The largest absolute Gasteiger partial charge is 0.493 e.